The van der Waals surface area contributed by atoms with Crippen molar-refractivity contribution >= 4 is 28.5 Å². The van der Waals surface area contributed by atoms with Gasteiger partial charge in [-0.1, -0.05) is 23.7 Å². The van der Waals surface area contributed by atoms with Crippen molar-refractivity contribution in [1.29, 1.82) is 0 Å². The Bertz CT molecular complexity index is 1020. The van der Waals surface area contributed by atoms with Gasteiger partial charge in [-0.3, -0.25) is 14.2 Å². The second-order valence-corrected chi connectivity index (χ2v) is 6.76. The van der Waals surface area contributed by atoms with Gasteiger partial charge >= 0.3 is 0 Å². The Morgan fingerprint density at radius 3 is 2.74 bits per heavy atom. The minimum absolute atomic E-state index is 0.0763. The summed E-state index contributed by atoms with van der Waals surface area (Å²) < 4.78 is 6.54. The zero-order chi connectivity index (χ0) is 19.4. The van der Waals surface area contributed by atoms with Gasteiger partial charge in [0.15, 0.2) is 0 Å². The molecule has 0 aliphatic rings. The van der Waals surface area contributed by atoms with E-state index in [1.807, 2.05) is 25.1 Å². The van der Waals surface area contributed by atoms with E-state index < -0.39 is 11.5 Å². The van der Waals surface area contributed by atoms with Gasteiger partial charge in [0, 0.05) is 29.8 Å². The first kappa shape index (κ1) is 19.1. The molecule has 1 unspecified atom stereocenters. The van der Waals surface area contributed by atoms with Gasteiger partial charge in [-0.15, -0.1) is 0 Å². The van der Waals surface area contributed by atoms with Crippen molar-refractivity contribution in [3.05, 3.63) is 75.2 Å². The zero-order valence-corrected chi connectivity index (χ0v) is 15.9. The lowest BCUT2D eigenvalue weighted by Gasteiger charge is -2.15. The first-order chi connectivity index (χ1) is 13.0. The highest BCUT2D eigenvalue weighted by molar-refractivity contribution is 6.30. The van der Waals surface area contributed by atoms with Gasteiger partial charge in [0.2, 0.25) is 0 Å². The summed E-state index contributed by atoms with van der Waals surface area (Å²) in [5.74, 6) is -0.430. The Morgan fingerprint density at radius 1 is 1.30 bits per heavy atom. The summed E-state index contributed by atoms with van der Waals surface area (Å²) in [7, 11) is 1.56. The molecule has 27 heavy (non-hydrogen) atoms. The molecule has 1 atom stereocenters. The van der Waals surface area contributed by atoms with E-state index in [0.717, 1.165) is 10.9 Å². The van der Waals surface area contributed by atoms with Crippen LogP contribution in [0.3, 0.4) is 0 Å². The SMILES string of the molecule is COCC(C)NC(=O)c1cc2cccnc2n(Cc2ccc(Cl)cc2)c1=O. The lowest BCUT2D eigenvalue weighted by atomic mass is 10.1. The normalized spacial score (nSPS) is 12.1. The third-order valence-corrected chi connectivity index (χ3v) is 4.39. The smallest absolute Gasteiger partial charge is 0.265 e. The maximum absolute atomic E-state index is 13.0. The monoisotopic (exact) mass is 385 g/mol. The number of hydrogen-bond donors (Lipinski definition) is 1. The van der Waals surface area contributed by atoms with Crippen molar-refractivity contribution in [3.63, 3.8) is 0 Å². The first-order valence-electron chi connectivity index (χ1n) is 8.52. The van der Waals surface area contributed by atoms with Gasteiger partial charge in [0.25, 0.3) is 11.5 Å². The summed E-state index contributed by atoms with van der Waals surface area (Å²) in [6.45, 7) is 2.47. The van der Waals surface area contributed by atoms with Crippen LogP contribution < -0.4 is 10.9 Å². The highest BCUT2D eigenvalue weighted by atomic mass is 35.5. The number of methoxy groups -OCH3 is 1. The summed E-state index contributed by atoms with van der Waals surface area (Å²) >= 11 is 5.94. The standard InChI is InChI=1S/C20H20ClN3O3/c1-13(12-27-2)23-19(25)17-10-15-4-3-9-22-18(15)24(20(17)26)11-14-5-7-16(21)8-6-14/h3-10,13H,11-12H2,1-2H3,(H,23,25). The van der Waals surface area contributed by atoms with E-state index in [1.165, 1.54) is 4.57 Å². The molecule has 1 N–H and O–H groups in total. The first-order valence-corrected chi connectivity index (χ1v) is 8.90. The lowest BCUT2D eigenvalue weighted by molar-refractivity contribution is 0.0903. The number of halogens is 1. The van der Waals surface area contributed by atoms with Crippen LogP contribution in [-0.4, -0.2) is 35.2 Å². The molecule has 1 amide bonds. The topological polar surface area (TPSA) is 73.2 Å². The van der Waals surface area contributed by atoms with Gasteiger partial charge < -0.3 is 10.1 Å². The molecule has 0 radical (unpaired) electrons. The number of hydrogen-bond acceptors (Lipinski definition) is 4. The van der Waals surface area contributed by atoms with Crippen LogP contribution in [0.5, 0.6) is 0 Å². The van der Waals surface area contributed by atoms with Crippen LogP contribution >= 0.6 is 11.6 Å². The van der Waals surface area contributed by atoms with E-state index in [-0.39, 0.29) is 18.2 Å². The second kappa shape index (κ2) is 8.33. The molecule has 0 saturated heterocycles. The summed E-state index contributed by atoms with van der Waals surface area (Å²) in [6, 6.07) is 12.2. The van der Waals surface area contributed by atoms with Gasteiger partial charge in [-0.2, -0.15) is 0 Å². The third kappa shape index (κ3) is 4.35. The molecule has 2 aromatic heterocycles. The number of carbonyl (C=O) groups is 1. The fourth-order valence-electron chi connectivity index (χ4n) is 2.88. The Morgan fingerprint density at radius 2 is 2.04 bits per heavy atom. The molecular weight excluding hydrogens is 366 g/mol. The predicted octanol–water partition coefficient (Wildman–Crippen LogP) is 2.86. The number of rotatable bonds is 6. The number of pyridine rings is 2. The van der Waals surface area contributed by atoms with Gasteiger partial charge in [-0.05, 0) is 42.8 Å². The molecule has 6 nitrogen and oxygen atoms in total. The predicted molar refractivity (Wildman–Crippen MR) is 105 cm³/mol. The minimum atomic E-state index is -0.430. The molecule has 0 aliphatic carbocycles. The van der Waals surface area contributed by atoms with Crippen molar-refractivity contribution in [2.75, 3.05) is 13.7 Å². The fourth-order valence-corrected chi connectivity index (χ4v) is 3.01. The molecule has 0 spiro atoms. The maximum atomic E-state index is 13.0. The van der Waals surface area contributed by atoms with Crippen LogP contribution in [0.4, 0.5) is 0 Å². The van der Waals surface area contributed by atoms with E-state index in [9.17, 15) is 9.59 Å². The maximum Gasteiger partial charge on any atom is 0.265 e. The number of nitrogens with zero attached hydrogens (tertiary/aromatic N) is 2. The third-order valence-electron chi connectivity index (χ3n) is 4.14. The highest BCUT2D eigenvalue weighted by Gasteiger charge is 2.18. The lowest BCUT2D eigenvalue weighted by Crippen LogP contribution is -2.39. The van der Waals surface area contributed by atoms with Crippen molar-refractivity contribution in [1.82, 2.24) is 14.9 Å². The molecule has 0 fully saturated rings. The fraction of sp³-hybridized carbons (Fsp3) is 0.250. The molecule has 140 valence electrons. The van der Waals surface area contributed by atoms with E-state index in [1.54, 1.807) is 37.6 Å². The van der Waals surface area contributed by atoms with Crippen molar-refractivity contribution in [2.24, 2.45) is 0 Å². The number of aromatic nitrogens is 2. The average molecular weight is 386 g/mol. The number of ether oxygens (including phenoxy) is 1. The van der Waals surface area contributed by atoms with Gasteiger partial charge in [0.1, 0.15) is 11.2 Å². The average Bonchev–Trinajstić information content (AvgIpc) is 2.65. The molecule has 3 aromatic rings. The van der Waals surface area contributed by atoms with Crippen LogP contribution in [0, 0.1) is 0 Å². The number of carbonyl (C=O) groups excluding carboxylic acids is 1. The van der Waals surface area contributed by atoms with E-state index in [0.29, 0.717) is 17.3 Å². The van der Waals surface area contributed by atoms with Crippen molar-refractivity contribution < 1.29 is 9.53 Å². The molecule has 0 aliphatic heterocycles. The highest BCUT2D eigenvalue weighted by Crippen LogP contribution is 2.15. The number of benzene rings is 1. The summed E-state index contributed by atoms with van der Waals surface area (Å²) in [5.41, 5.74) is 1.10. The van der Waals surface area contributed by atoms with Crippen LogP contribution in [-0.2, 0) is 11.3 Å². The Labute approximate surface area is 161 Å². The van der Waals surface area contributed by atoms with Crippen molar-refractivity contribution in [2.45, 2.75) is 19.5 Å². The molecule has 1 aromatic carbocycles. The summed E-state index contributed by atoms with van der Waals surface area (Å²) in [5, 5.41) is 4.12. The molecule has 0 bridgehead atoms. The van der Waals surface area contributed by atoms with Crippen LogP contribution in [0.2, 0.25) is 5.02 Å². The van der Waals surface area contributed by atoms with Crippen LogP contribution in [0.1, 0.15) is 22.8 Å². The van der Waals surface area contributed by atoms with Crippen LogP contribution in [0.15, 0.2) is 53.5 Å². The van der Waals surface area contributed by atoms with E-state index >= 15 is 0 Å². The Balaban J connectivity index is 2.05. The Hall–Kier alpha value is -2.70. The molecule has 0 saturated carbocycles. The summed E-state index contributed by atoms with van der Waals surface area (Å²) in [6.07, 6.45) is 1.63. The molecular formula is C20H20ClN3O3. The molecule has 2 heterocycles. The van der Waals surface area contributed by atoms with Gasteiger partial charge in [0.05, 0.1) is 13.2 Å². The largest absolute Gasteiger partial charge is 0.383 e. The number of fused-ring (bicyclic) bond motifs is 1. The summed E-state index contributed by atoms with van der Waals surface area (Å²) in [4.78, 5) is 30.0. The van der Waals surface area contributed by atoms with Crippen LogP contribution in [0.25, 0.3) is 11.0 Å². The van der Waals surface area contributed by atoms with Gasteiger partial charge in [-0.25, -0.2) is 4.98 Å². The molecule has 3 rings (SSSR count). The quantitative estimate of drug-likeness (QED) is 0.708. The Kier molecular flexibility index (Phi) is 5.88. The van der Waals surface area contributed by atoms with E-state index in [4.69, 9.17) is 16.3 Å². The second-order valence-electron chi connectivity index (χ2n) is 6.32. The number of amides is 1. The molecule has 7 heteroatoms. The number of nitrogens with one attached hydrogen (secondary N) is 1. The minimum Gasteiger partial charge on any atom is -0.383 e. The van der Waals surface area contributed by atoms with E-state index in [2.05, 4.69) is 10.3 Å². The van der Waals surface area contributed by atoms with Crippen molar-refractivity contribution in [3.8, 4) is 0 Å². The zero-order valence-electron chi connectivity index (χ0n) is 15.1.